The fourth-order valence-corrected chi connectivity index (χ4v) is 0. The first kappa shape index (κ1) is 5.94. The van der Waals surface area contributed by atoms with Crippen molar-refractivity contribution in [3.05, 3.63) is 0 Å². The minimum absolute atomic E-state index is 0.537. The molecule has 6 heavy (non-hydrogen) atoms. The second-order valence-electron chi connectivity index (χ2n) is 1.27. The molecule has 3 nitrogen and oxygen atoms in total. The summed E-state index contributed by atoms with van der Waals surface area (Å²) in [7, 11) is -1.37. The van der Waals surface area contributed by atoms with E-state index < -0.39 is 13.1 Å². The van der Waals surface area contributed by atoms with Crippen molar-refractivity contribution in [3.8, 4) is 0 Å². The summed E-state index contributed by atoms with van der Waals surface area (Å²) >= 11 is 0. The van der Waals surface area contributed by atoms with Gasteiger partial charge in [0.25, 0.3) is 0 Å². The lowest BCUT2D eigenvalue weighted by Crippen LogP contribution is -2.35. The molecule has 0 unspecified atom stereocenters. The highest BCUT2D eigenvalue weighted by molar-refractivity contribution is 6.42. The summed E-state index contributed by atoms with van der Waals surface area (Å²) in [5, 5.41) is 16.1. The highest BCUT2D eigenvalue weighted by Crippen LogP contribution is 1.71. The molecule has 0 fully saturated rings. The Kier molecular flexibility index (Phi) is 2.16. The fourth-order valence-electron chi connectivity index (χ4n) is 0. The summed E-state index contributed by atoms with van der Waals surface area (Å²) in [6, 6.07) is 0. The zero-order chi connectivity index (χ0) is 5.15. The average Bonchev–Trinajstić information content (AvgIpc) is 1.36. The molecule has 0 aliphatic rings. The first-order valence-corrected chi connectivity index (χ1v) is 1.76. The van der Waals surface area contributed by atoms with Crippen LogP contribution in [0.25, 0.3) is 0 Å². The summed E-state index contributed by atoms with van der Waals surface area (Å²) in [6.07, 6.45) is 0. The Morgan fingerprint density at radius 2 is 1.83 bits per heavy atom. The molecule has 0 rings (SSSR count). The Morgan fingerprint density at radius 1 is 1.67 bits per heavy atom. The van der Waals surface area contributed by atoms with E-state index in [1.807, 2.05) is 0 Å². The van der Waals surface area contributed by atoms with Crippen molar-refractivity contribution in [1.29, 1.82) is 0 Å². The van der Waals surface area contributed by atoms with Crippen LogP contribution in [0.15, 0.2) is 0 Å². The summed E-state index contributed by atoms with van der Waals surface area (Å²) in [5.41, 5.74) is 4.94. The van der Waals surface area contributed by atoms with Gasteiger partial charge in [-0.3, -0.25) is 0 Å². The summed E-state index contributed by atoms with van der Waals surface area (Å²) in [6.45, 7) is 1.52. The molecule has 0 aromatic heterocycles. The zero-order valence-corrected chi connectivity index (χ0v) is 3.63. The minimum Gasteiger partial charge on any atom is -0.426 e. The summed E-state index contributed by atoms with van der Waals surface area (Å²) < 4.78 is 0. The van der Waals surface area contributed by atoms with E-state index in [9.17, 15) is 0 Å². The zero-order valence-electron chi connectivity index (χ0n) is 3.63. The van der Waals surface area contributed by atoms with Gasteiger partial charge >= 0.3 is 7.12 Å². The molecule has 0 aromatic carbocycles. The molecule has 0 heterocycles. The van der Waals surface area contributed by atoms with Crippen molar-refractivity contribution in [3.63, 3.8) is 0 Å². The normalized spacial score (nSPS) is 14.0. The third-order valence-corrected chi connectivity index (χ3v) is 0.470. The van der Waals surface area contributed by atoms with Crippen LogP contribution in [0.3, 0.4) is 0 Å². The predicted octanol–water partition coefficient (Wildman–Crippen LogP) is -1.65. The molecule has 4 N–H and O–H groups in total. The van der Waals surface area contributed by atoms with Crippen LogP contribution >= 0.6 is 0 Å². The molecule has 36 valence electrons. The van der Waals surface area contributed by atoms with Gasteiger partial charge in [0.15, 0.2) is 0 Å². The Balaban J connectivity index is 2.99. The summed E-state index contributed by atoms with van der Waals surface area (Å²) in [4.78, 5) is 0. The van der Waals surface area contributed by atoms with Gasteiger partial charge in [-0.1, -0.05) is 6.92 Å². The number of rotatable bonds is 1. The van der Waals surface area contributed by atoms with Gasteiger partial charge in [-0.15, -0.1) is 0 Å². The Labute approximate surface area is 36.9 Å². The standard InChI is InChI=1S/C2H8BNO2/c1-2(4)3(5)6/h2,5-6H,4H2,1H3/t2-/m0/s1. The predicted molar refractivity (Wildman–Crippen MR) is 23.8 cm³/mol. The van der Waals surface area contributed by atoms with Crippen LogP contribution in [-0.4, -0.2) is 23.1 Å². The quantitative estimate of drug-likeness (QED) is 0.337. The molecule has 0 radical (unpaired) electrons. The number of hydrogen-bond donors (Lipinski definition) is 3. The van der Waals surface area contributed by atoms with Gasteiger partial charge < -0.3 is 15.8 Å². The molecule has 0 aromatic rings. The van der Waals surface area contributed by atoms with E-state index in [1.54, 1.807) is 0 Å². The van der Waals surface area contributed by atoms with E-state index in [-0.39, 0.29) is 0 Å². The third kappa shape index (κ3) is 2.20. The van der Waals surface area contributed by atoms with E-state index in [1.165, 1.54) is 6.92 Å². The third-order valence-electron chi connectivity index (χ3n) is 0.470. The Bertz CT molecular complexity index is 32.5. The number of hydrogen-bond acceptors (Lipinski definition) is 3. The minimum atomic E-state index is -1.37. The first-order valence-electron chi connectivity index (χ1n) is 1.76. The molecular formula is C2H8BNO2. The first-order chi connectivity index (χ1) is 2.64. The maximum Gasteiger partial charge on any atom is 0.469 e. The largest absolute Gasteiger partial charge is 0.469 e. The molecule has 0 spiro atoms. The van der Waals surface area contributed by atoms with E-state index in [0.717, 1.165) is 0 Å². The molecule has 0 saturated heterocycles. The van der Waals surface area contributed by atoms with Crippen LogP contribution in [0.1, 0.15) is 6.92 Å². The fraction of sp³-hybridized carbons (Fsp3) is 1.00. The second-order valence-corrected chi connectivity index (χ2v) is 1.27. The lowest BCUT2D eigenvalue weighted by Gasteiger charge is -1.97. The molecule has 0 bridgehead atoms. The molecular weight excluding hydrogens is 80.8 g/mol. The summed E-state index contributed by atoms with van der Waals surface area (Å²) in [5.74, 6) is -0.537. The maximum absolute atomic E-state index is 8.06. The van der Waals surface area contributed by atoms with Crippen molar-refractivity contribution in [2.24, 2.45) is 5.73 Å². The average molecular weight is 88.9 g/mol. The maximum atomic E-state index is 8.06. The van der Waals surface area contributed by atoms with Gasteiger partial charge in [-0.2, -0.15) is 0 Å². The smallest absolute Gasteiger partial charge is 0.426 e. The molecule has 0 aliphatic heterocycles. The molecule has 0 saturated carbocycles. The molecule has 0 aliphatic carbocycles. The SMILES string of the molecule is C[C@H](N)B(O)O. The van der Waals surface area contributed by atoms with E-state index in [2.05, 4.69) is 0 Å². The van der Waals surface area contributed by atoms with Gasteiger partial charge in [0.05, 0.1) is 0 Å². The van der Waals surface area contributed by atoms with Crippen molar-refractivity contribution in [2.75, 3.05) is 0 Å². The van der Waals surface area contributed by atoms with Crippen LogP contribution in [-0.2, 0) is 0 Å². The molecule has 1 atom stereocenters. The van der Waals surface area contributed by atoms with Crippen LogP contribution in [0, 0.1) is 0 Å². The van der Waals surface area contributed by atoms with E-state index in [0.29, 0.717) is 0 Å². The van der Waals surface area contributed by atoms with Gasteiger partial charge in [0.2, 0.25) is 0 Å². The lowest BCUT2D eigenvalue weighted by molar-refractivity contribution is 0.391. The van der Waals surface area contributed by atoms with Gasteiger partial charge in [0.1, 0.15) is 0 Å². The van der Waals surface area contributed by atoms with Crippen LogP contribution < -0.4 is 5.73 Å². The van der Waals surface area contributed by atoms with E-state index >= 15 is 0 Å². The number of nitrogens with two attached hydrogens (primary N) is 1. The van der Waals surface area contributed by atoms with Crippen molar-refractivity contribution >= 4 is 7.12 Å². The van der Waals surface area contributed by atoms with Crippen molar-refractivity contribution in [1.82, 2.24) is 0 Å². The molecule has 4 heteroatoms. The monoisotopic (exact) mass is 89.1 g/mol. The van der Waals surface area contributed by atoms with Gasteiger partial charge in [0, 0.05) is 5.94 Å². The molecule has 0 amide bonds. The van der Waals surface area contributed by atoms with Crippen molar-refractivity contribution in [2.45, 2.75) is 12.9 Å². The highest BCUT2D eigenvalue weighted by atomic mass is 16.4. The van der Waals surface area contributed by atoms with Crippen LogP contribution in [0.4, 0.5) is 0 Å². The van der Waals surface area contributed by atoms with Crippen LogP contribution in [0.2, 0.25) is 0 Å². The van der Waals surface area contributed by atoms with Gasteiger partial charge in [-0.25, -0.2) is 0 Å². The second kappa shape index (κ2) is 2.18. The van der Waals surface area contributed by atoms with Crippen molar-refractivity contribution < 1.29 is 10.0 Å². The topological polar surface area (TPSA) is 66.5 Å². The van der Waals surface area contributed by atoms with Crippen LogP contribution in [0.5, 0.6) is 0 Å². The Hall–Kier alpha value is -0.0551. The Morgan fingerprint density at radius 3 is 1.83 bits per heavy atom. The highest BCUT2D eigenvalue weighted by Gasteiger charge is 2.10. The lowest BCUT2D eigenvalue weighted by atomic mass is 9.82. The van der Waals surface area contributed by atoms with E-state index in [4.69, 9.17) is 15.8 Å². The van der Waals surface area contributed by atoms with Gasteiger partial charge in [-0.05, 0) is 0 Å².